The van der Waals surface area contributed by atoms with Gasteiger partial charge in [0.1, 0.15) is 0 Å². The number of nitrogens with one attached hydrogen (secondary N) is 1. The fourth-order valence-corrected chi connectivity index (χ4v) is 4.74. The summed E-state index contributed by atoms with van der Waals surface area (Å²) in [5, 5.41) is 4.88. The second-order valence-electron chi connectivity index (χ2n) is 7.25. The predicted molar refractivity (Wildman–Crippen MR) is 81.9 cm³/mol. The first-order valence-corrected chi connectivity index (χ1v) is 8.55. The molecule has 1 fully saturated rings. The highest BCUT2D eigenvalue weighted by Crippen LogP contribution is 2.41. The number of hydrogen-bond donors (Lipinski definition) is 1. The van der Waals surface area contributed by atoms with Crippen molar-refractivity contribution < 1.29 is 0 Å². The third-order valence-corrected chi connectivity index (χ3v) is 6.15. The molecule has 19 heavy (non-hydrogen) atoms. The number of piperidine rings is 1. The van der Waals surface area contributed by atoms with Gasteiger partial charge in [-0.25, -0.2) is 4.98 Å². The van der Waals surface area contributed by atoms with Crippen LogP contribution < -0.4 is 5.32 Å². The Balaban J connectivity index is 1.77. The minimum atomic E-state index is 0.441. The lowest BCUT2D eigenvalue weighted by atomic mass is 9.73. The summed E-state index contributed by atoms with van der Waals surface area (Å²) >= 11 is 2.02. The minimum absolute atomic E-state index is 0.441. The van der Waals surface area contributed by atoms with Gasteiger partial charge in [-0.2, -0.15) is 0 Å². The van der Waals surface area contributed by atoms with Crippen molar-refractivity contribution in [3.05, 3.63) is 15.6 Å². The summed E-state index contributed by atoms with van der Waals surface area (Å²) in [5.41, 5.74) is 1.87. The smallest absolute Gasteiger partial charge is 0.0962 e. The van der Waals surface area contributed by atoms with Gasteiger partial charge in [0.15, 0.2) is 0 Å². The van der Waals surface area contributed by atoms with Crippen LogP contribution in [0.25, 0.3) is 0 Å². The van der Waals surface area contributed by atoms with E-state index in [1.165, 1.54) is 55.9 Å². The van der Waals surface area contributed by atoms with Gasteiger partial charge in [-0.15, -0.1) is 11.3 Å². The van der Waals surface area contributed by atoms with Crippen molar-refractivity contribution in [1.82, 2.24) is 10.3 Å². The van der Waals surface area contributed by atoms with Crippen LogP contribution in [-0.2, 0) is 12.8 Å². The second kappa shape index (κ2) is 5.17. The van der Waals surface area contributed by atoms with Crippen LogP contribution >= 0.6 is 11.3 Å². The number of thiazole rings is 1. The van der Waals surface area contributed by atoms with Crippen molar-refractivity contribution in [1.29, 1.82) is 0 Å². The van der Waals surface area contributed by atoms with Crippen LogP contribution in [0.2, 0.25) is 0 Å². The van der Waals surface area contributed by atoms with Crippen LogP contribution in [0.5, 0.6) is 0 Å². The van der Waals surface area contributed by atoms with E-state index in [4.69, 9.17) is 4.98 Å². The van der Waals surface area contributed by atoms with E-state index in [1.54, 1.807) is 4.88 Å². The minimum Gasteiger partial charge on any atom is -0.317 e. The Morgan fingerprint density at radius 2 is 1.89 bits per heavy atom. The number of hydrogen-bond acceptors (Lipinski definition) is 3. The summed E-state index contributed by atoms with van der Waals surface area (Å²) in [6.45, 7) is 9.49. The second-order valence-corrected chi connectivity index (χ2v) is 8.37. The van der Waals surface area contributed by atoms with E-state index in [-0.39, 0.29) is 0 Å². The first-order valence-electron chi connectivity index (χ1n) is 7.73. The first-order chi connectivity index (χ1) is 9.04. The number of aromatic nitrogens is 1. The Kier molecular flexibility index (Phi) is 3.69. The maximum atomic E-state index is 4.98. The van der Waals surface area contributed by atoms with Gasteiger partial charge in [0.2, 0.25) is 0 Å². The summed E-state index contributed by atoms with van der Waals surface area (Å²) in [7, 11) is 0. The molecule has 0 bridgehead atoms. The Morgan fingerprint density at radius 3 is 2.58 bits per heavy atom. The molecule has 0 radical (unpaired) electrons. The molecule has 1 unspecified atom stereocenters. The van der Waals surface area contributed by atoms with Crippen molar-refractivity contribution in [2.24, 2.45) is 11.3 Å². The van der Waals surface area contributed by atoms with Gasteiger partial charge in [-0.3, -0.25) is 0 Å². The average molecular weight is 278 g/mol. The first kappa shape index (κ1) is 13.6. The van der Waals surface area contributed by atoms with Crippen molar-refractivity contribution in [3.63, 3.8) is 0 Å². The summed E-state index contributed by atoms with van der Waals surface area (Å²) in [4.78, 5) is 6.58. The molecule has 1 N–H and O–H groups in total. The standard InChI is InChI=1S/C16H26N2S/c1-16(2,3)12-4-5-13-14(10-12)19-15(18-13)11-6-8-17-9-7-11/h11-12,17H,4-10H2,1-3H3. The molecular formula is C16H26N2S. The molecule has 3 heteroatoms. The molecular weight excluding hydrogens is 252 g/mol. The molecule has 0 saturated carbocycles. The fourth-order valence-electron chi connectivity index (χ4n) is 3.38. The summed E-state index contributed by atoms with van der Waals surface area (Å²) < 4.78 is 0. The van der Waals surface area contributed by atoms with Crippen molar-refractivity contribution in [2.75, 3.05) is 13.1 Å². The molecule has 0 aromatic carbocycles. The van der Waals surface area contributed by atoms with E-state index in [0.29, 0.717) is 5.41 Å². The molecule has 1 aliphatic heterocycles. The Labute approximate surface area is 121 Å². The molecule has 2 heterocycles. The van der Waals surface area contributed by atoms with Crippen LogP contribution in [0.1, 0.15) is 61.5 Å². The van der Waals surface area contributed by atoms with Gasteiger partial charge in [-0.1, -0.05) is 20.8 Å². The predicted octanol–water partition coefficient (Wildman–Crippen LogP) is 3.76. The molecule has 0 amide bonds. The molecule has 106 valence electrons. The molecule has 3 rings (SSSR count). The molecule has 1 aliphatic carbocycles. The lowest BCUT2D eigenvalue weighted by Crippen LogP contribution is -2.26. The van der Waals surface area contributed by atoms with Gasteiger partial charge in [0, 0.05) is 10.8 Å². The third kappa shape index (κ3) is 2.87. The fraction of sp³-hybridized carbons (Fsp3) is 0.812. The van der Waals surface area contributed by atoms with Crippen LogP contribution in [0.15, 0.2) is 0 Å². The average Bonchev–Trinajstić information content (AvgIpc) is 2.81. The van der Waals surface area contributed by atoms with E-state index >= 15 is 0 Å². The zero-order chi connectivity index (χ0) is 13.5. The highest BCUT2D eigenvalue weighted by molar-refractivity contribution is 7.11. The van der Waals surface area contributed by atoms with Crippen LogP contribution in [0.3, 0.4) is 0 Å². The third-order valence-electron chi connectivity index (χ3n) is 4.87. The van der Waals surface area contributed by atoms with Gasteiger partial charge in [-0.05, 0) is 56.5 Å². The monoisotopic (exact) mass is 278 g/mol. The van der Waals surface area contributed by atoms with E-state index in [1.807, 2.05) is 11.3 Å². The zero-order valence-electron chi connectivity index (χ0n) is 12.5. The van der Waals surface area contributed by atoms with Crippen LogP contribution in [0.4, 0.5) is 0 Å². The highest BCUT2D eigenvalue weighted by atomic mass is 32.1. The quantitative estimate of drug-likeness (QED) is 0.846. The van der Waals surface area contributed by atoms with Crippen LogP contribution in [0, 0.1) is 11.3 Å². The van der Waals surface area contributed by atoms with E-state index in [9.17, 15) is 0 Å². The largest absolute Gasteiger partial charge is 0.317 e. The lowest BCUT2D eigenvalue weighted by Gasteiger charge is -2.33. The molecule has 2 aliphatic rings. The maximum absolute atomic E-state index is 4.98. The van der Waals surface area contributed by atoms with Gasteiger partial charge in [0.05, 0.1) is 10.7 Å². The highest BCUT2D eigenvalue weighted by Gasteiger charge is 2.31. The molecule has 0 spiro atoms. The Hall–Kier alpha value is -0.410. The van der Waals surface area contributed by atoms with Gasteiger partial charge < -0.3 is 5.32 Å². The number of aryl methyl sites for hydroxylation is 1. The van der Waals surface area contributed by atoms with E-state index < -0.39 is 0 Å². The topological polar surface area (TPSA) is 24.9 Å². The molecule has 1 atom stereocenters. The van der Waals surface area contributed by atoms with Crippen molar-refractivity contribution in [2.45, 2.75) is 58.8 Å². The molecule has 1 saturated heterocycles. The van der Waals surface area contributed by atoms with Gasteiger partial charge in [0.25, 0.3) is 0 Å². The maximum Gasteiger partial charge on any atom is 0.0962 e. The SMILES string of the molecule is CC(C)(C)C1CCc2nc(C3CCNCC3)sc2C1. The summed E-state index contributed by atoms with van der Waals surface area (Å²) in [5.74, 6) is 1.56. The van der Waals surface area contributed by atoms with E-state index in [2.05, 4.69) is 26.1 Å². The number of rotatable bonds is 1. The summed E-state index contributed by atoms with van der Waals surface area (Å²) in [6, 6.07) is 0. The van der Waals surface area contributed by atoms with Crippen molar-refractivity contribution in [3.8, 4) is 0 Å². The molecule has 2 nitrogen and oxygen atoms in total. The zero-order valence-corrected chi connectivity index (χ0v) is 13.3. The van der Waals surface area contributed by atoms with Gasteiger partial charge >= 0.3 is 0 Å². The number of nitrogens with zero attached hydrogens (tertiary/aromatic N) is 1. The molecule has 1 aromatic heterocycles. The van der Waals surface area contributed by atoms with Crippen LogP contribution in [-0.4, -0.2) is 18.1 Å². The normalized spacial score (nSPS) is 25.3. The van der Waals surface area contributed by atoms with E-state index in [0.717, 1.165) is 11.8 Å². The number of fused-ring (bicyclic) bond motifs is 1. The Morgan fingerprint density at radius 1 is 1.16 bits per heavy atom. The Bertz CT molecular complexity index is 438. The van der Waals surface area contributed by atoms with Crippen molar-refractivity contribution >= 4 is 11.3 Å². The lowest BCUT2D eigenvalue weighted by molar-refractivity contribution is 0.217. The summed E-state index contributed by atoms with van der Waals surface area (Å²) in [6.07, 6.45) is 6.34. The molecule has 1 aromatic rings.